The fraction of sp³-hybridized carbons (Fsp3) is 0.455. The molecule has 1 saturated heterocycles. The van der Waals surface area contributed by atoms with Gasteiger partial charge in [-0.15, -0.1) is 0 Å². The SMILES string of the molecule is O=S(=O)(Nc1ccc(N2CCNCC2)cc1)C(F)F. The molecule has 2 rings (SSSR count). The molecular weight excluding hydrogens is 276 g/mol. The summed E-state index contributed by atoms with van der Waals surface area (Å²) in [4.78, 5) is 2.14. The van der Waals surface area contributed by atoms with Crippen molar-refractivity contribution in [2.24, 2.45) is 0 Å². The van der Waals surface area contributed by atoms with E-state index in [1.165, 1.54) is 12.1 Å². The molecule has 0 aromatic heterocycles. The zero-order valence-corrected chi connectivity index (χ0v) is 11.0. The van der Waals surface area contributed by atoms with Gasteiger partial charge in [-0.25, -0.2) is 8.42 Å². The van der Waals surface area contributed by atoms with Gasteiger partial charge in [-0.3, -0.25) is 4.72 Å². The Kier molecular flexibility index (Phi) is 4.20. The van der Waals surface area contributed by atoms with Gasteiger partial charge in [0.1, 0.15) is 0 Å². The largest absolute Gasteiger partial charge is 0.369 e. The fourth-order valence-electron chi connectivity index (χ4n) is 1.87. The van der Waals surface area contributed by atoms with Crippen LogP contribution >= 0.6 is 0 Å². The standard InChI is InChI=1S/C11H15F2N3O2S/c12-11(13)19(17,18)15-9-1-3-10(4-2-9)16-7-5-14-6-8-16/h1-4,11,14-15H,5-8H2. The van der Waals surface area contributed by atoms with E-state index in [4.69, 9.17) is 0 Å². The van der Waals surface area contributed by atoms with Gasteiger partial charge in [0.2, 0.25) is 0 Å². The number of hydrogen-bond donors (Lipinski definition) is 2. The summed E-state index contributed by atoms with van der Waals surface area (Å²) in [5, 5.41) is 3.22. The molecule has 1 aromatic rings. The zero-order valence-electron chi connectivity index (χ0n) is 10.1. The van der Waals surface area contributed by atoms with E-state index in [-0.39, 0.29) is 5.69 Å². The number of hydrogen-bond acceptors (Lipinski definition) is 4. The smallest absolute Gasteiger partial charge is 0.355 e. The number of alkyl halides is 2. The van der Waals surface area contributed by atoms with Gasteiger partial charge < -0.3 is 10.2 Å². The fourth-order valence-corrected chi connectivity index (χ4v) is 2.43. The second-order valence-electron chi connectivity index (χ2n) is 4.19. The first kappa shape index (κ1) is 14.0. The Morgan fingerprint density at radius 3 is 2.26 bits per heavy atom. The van der Waals surface area contributed by atoms with Gasteiger partial charge >= 0.3 is 5.76 Å². The number of halogens is 2. The average molecular weight is 291 g/mol. The normalized spacial score (nSPS) is 16.7. The Bertz CT molecular complexity index is 513. The van der Waals surface area contributed by atoms with E-state index in [9.17, 15) is 17.2 Å². The van der Waals surface area contributed by atoms with E-state index in [2.05, 4.69) is 10.2 Å². The summed E-state index contributed by atoms with van der Waals surface area (Å²) in [6.07, 6.45) is 0. The van der Waals surface area contributed by atoms with Crippen molar-refractivity contribution in [1.29, 1.82) is 0 Å². The lowest BCUT2D eigenvalue weighted by atomic mass is 10.2. The van der Waals surface area contributed by atoms with Crippen molar-refractivity contribution in [2.75, 3.05) is 35.8 Å². The quantitative estimate of drug-likeness (QED) is 0.871. The van der Waals surface area contributed by atoms with Crippen LogP contribution in [0.4, 0.5) is 20.2 Å². The van der Waals surface area contributed by atoms with Gasteiger partial charge in [0.25, 0.3) is 10.0 Å². The van der Waals surface area contributed by atoms with Gasteiger partial charge in [0.15, 0.2) is 0 Å². The average Bonchev–Trinajstić information content (AvgIpc) is 2.40. The number of piperazine rings is 1. The Morgan fingerprint density at radius 2 is 1.74 bits per heavy atom. The highest BCUT2D eigenvalue weighted by Gasteiger charge is 2.23. The monoisotopic (exact) mass is 291 g/mol. The van der Waals surface area contributed by atoms with Gasteiger partial charge in [0, 0.05) is 37.6 Å². The molecule has 1 aromatic carbocycles. The van der Waals surface area contributed by atoms with Crippen molar-refractivity contribution in [1.82, 2.24) is 5.32 Å². The molecule has 1 aliphatic heterocycles. The summed E-state index contributed by atoms with van der Waals surface area (Å²) >= 11 is 0. The number of nitrogens with one attached hydrogen (secondary N) is 2. The van der Waals surface area contributed by atoms with E-state index in [0.717, 1.165) is 31.9 Å². The Morgan fingerprint density at radius 1 is 1.16 bits per heavy atom. The maximum absolute atomic E-state index is 12.2. The molecule has 19 heavy (non-hydrogen) atoms. The molecule has 0 unspecified atom stereocenters. The highest BCUT2D eigenvalue weighted by atomic mass is 32.2. The summed E-state index contributed by atoms with van der Waals surface area (Å²) in [7, 11) is -4.60. The van der Waals surface area contributed by atoms with E-state index in [1.807, 2.05) is 4.72 Å². The summed E-state index contributed by atoms with van der Waals surface area (Å²) in [5.74, 6) is -3.43. The third kappa shape index (κ3) is 3.54. The zero-order chi connectivity index (χ0) is 13.9. The highest BCUT2D eigenvalue weighted by molar-refractivity contribution is 7.93. The number of anilines is 2. The van der Waals surface area contributed by atoms with Crippen LogP contribution in [-0.4, -0.2) is 40.4 Å². The van der Waals surface area contributed by atoms with E-state index in [0.29, 0.717) is 0 Å². The van der Waals surface area contributed by atoms with Crippen LogP contribution in [-0.2, 0) is 10.0 Å². The van der Waals surface area contributed by atoms with Crippen LogP contribution in [0, 0.1) is 0 Å². The molecule has 2 N–H and O–H groups in total. The first-order valence-electron chi connectivity index (χ1n) is 5.84. The van der Waals surface area contributed by atoms with Crippen molar-refractivity contribution < 1.29 is 17.2 Å². The molecule has 1 aliphatic rings. The van der Waals surface area contributed by atoms with E-state index >= 15 is 0 Å². The third-order valence-electron chi connectivity index (χ3n) is 2.84. The molecule has 1 heterocycles. The van der Waals surface area contributed by atoms with E-state index in [1.54, 1.807) is 12.1 Å². The lowest BCUT2D eigenvalue weighted by molar-refractivity contribution is 0.236. The number of benzene rings is 1. The second kappa shape index (κ2) is 5.70. The van der Waals surface area contributed by atoms with Crippen LogP contribution in [0.2, 0.25) is 0 Å². The molecular formula is C11H15F2N3O2S. The van der Waals surface area contributed by atoms with E-state index < -0.39 is 15.8 Å². The Hall–Kier alpha value is -1.41. The summed E-state index contributed by atoms with van der Waals surface area (Å²) in [6, 6.07) is 6.40. The molecule has 0 spiro atoms. The number of rotatable bonds is 4. The molecule has 0 atom stereocenters. The first-order chi connectivity index (χ1) is 8.99. The first-order valence-corrected chi connectivity index (χ1v) is 7.39. The molecule has 0 amide bonds. The number of nitrogens with zero attached hydrogens (tertiary/aromatic N) is 1. The molecule has 5 nitrogen and oxygen atoms in total. The molecule has 0 saturated carbocycles. The van der Waals surface area contributed by atoms with Crippen LogP contribution in [0.3, 0.4) is 0 Å². The van der Waals surface area contributed by atoms with Crippen molar-refractivity contribution in [2.45, 2.75) is 5.76 Å². The van der Waals surface area contributed by atoms with Gasteiger partial charge in [-0.1, -0.05) is 0 Å². The van der Waals surface area contributed by atoms with Crippen molar-refractivity contribution >= 4 is 21.4 Å². The Labute approximate surface area is 110 Å². The highest BCUT2D eigenvalue weighted by Crippen LogP contribution is 2.20. The van der Waals surface area contributed by atoms with Crippen molar-refractivity contribution in [3.8, 4) is 0 Å². The maximum Gasteiger partial charge on any atom is 0.355 e. The van der Waals surface area contributed by atoms with Crippen molar-refractivity contribution in [3.63, 3.8) is 0 Å². The molecule has 0 radical (unpaired) electrons. The van der Waals surface area contributed by atoms with Crippen LogP contribution in [0.15, 0.2) is 24.3 Å². The summed E-state index contributed by atoms with van der Waals surface area (Å²) < 4.78 is 48.3. The molecule has 0 bridgehead atoms. The lowest BCUT2D eigenvalue weighted by Crippen LogP contribution is -2.43. The van der Waals surface area contributed by atoms with Crippen LogP contribution in [0.1, 0.15) is 0 Å². The molecule has 106 valence electrons. The van der Waals surface area contributed by atoms with Gasteiger partial charge in [-0.2, -0.15) is 8.78 Å². The summed E-state index contributed by atoms with van der Waals surface area (Å²) in [5.41, 5.74) is 1.08. The van der Waals surface area contributed by atoms with Crippen LogP contribution in [0.25, 0.3) is 0 Å². The second-order valence-corrected chi connectivity index (χ2v) is 5.84. The minimum Gasteiger partial charge on any atom is -0.369 e. The predicted molar refractivity (Wildman–Crippen MR) is 70.1 cm³/mol. The van der Waals surface area contributed by atoms with Crippen LogP contribution < -0.4 is 14.9 Å². The third-order valence-corrected chi connectivity index (χ3v) is 3.83. The molecule has 1 fully saturated rings. The van der Waals surface area contributed by atoms with Gasteiger partial charge in [0.05, 0.1) is 0 Å². The summed E-state index contributed by atoms with van der Waals surface area (Å²) in [6.45, 7) is 3.50. The minimum absolute atomic E-state index is 0.138. The van der Waals surface area contributed by atoms with Crippen LogP contribution in [0.5, 0.6) is 0 Å². The van der Waals surface area contributed by atoms with Gasteiger partial charge in [-0.05, 0) is 24.3 Å². The topological polar surface area (TPSA) is 61.4 Å². The number of sulfonamides is 1. The maximum atomic E-state index is 12.2. The molecule has 8 heteroatoms. The lowest BCUT2D eigenvalue weighted by Gasteiger charge is -2.29. The molecule has 0 aliphatic carbocycles. The Balaban J connectivity index is 2.06. The van der Waals surface area contributed by atoms with Crippen molar-refractivity contribution in [3.05, 3.63) is 24.3 Å². The minimum atomic E-state index is -4.60. The predicted octanol–water partition coefficient (Wildman–Crippen LogP) is 1.06.